The van der Waals surface area contributed by atoms with Gasteiger partial charge in [-0.15, -0.1) is 0 Å². The minimum absolute atomic E-state index is 0.152. The Kier molecular flexibility index (Phi) is 6.82. The van der Waals surface area contributed by atoms with Crippen LogP contribution in [0.1, 0.15) is 38.8 Å². The lowest BCUT2D eigenvalue weighted by atomic mass is 9.81. The molecule has 0 saturated heterocycles. The predicted molar refractivity (Wildman–Crippen MR) is 149 cm³/mol. The molecule has 0 bridgehead atoms. The molecule has 2 aliphatic heterocycles. The van der Waals surface area contributed by atoms with Crippen molar-refractivity contribution < 1.29 is 30.5 Å². The fourth-order valence-electron chi connectivity index (χ4n) is 5.32. The Labute approximate surface area is 228 Å². The summed E-state index contributed by atoms with van der Waals surface area (Å²) in [6, 6.07) is 9.09. The number of hydrogen-bond acceptors (Lipinski definition) is 5. The molecular weight excluding hydrogens is 548 g/mol. The van der Waals surface area contributed by atoms with Crippen molar-refractivity contribution in [2.24, 2.45) is 0 Å². The van der Waals surface area contributed by atoms with Gasteiger partial charge in [-0.3, -0.25) is 9.11 Å². The third kappa shape index (κ3) is 4.76. The molecule has 8 nitrogen and oxygen atoms in total. The van der Waals surface area contributed by atoms with Crippen molar-refractivity contribution in [1.29, 1.82) is 0 Å². The third-order valence-corrected chi connectivity index (χ3v) is 9.36. The van der Waals surface area contributed by atoms with Crippen LogP contribution in [0.15, 0.2) is 81.2 Å². The van der Waals surface area contributed by atoms with E-state index in [1.165, 1.54) is 24.3 Å². The van der Waals surface area contributed by atoms with Crippen LogP contribution in [0.2, 0.25) is 0 Å². The van der Waals surface area contributed by atoms with Crippen molar-refractivity contribution >= 4 is 48.9 Å². The number of anilines is 1. The molecule has 0 atom stereocenters. The number of fused-ring (bicyclic) bond motifs is 2. The molecule has 38 heavy (non-hydrogen) atoms. The van der Waals surface area contributed by atoms with E-state index >= 15 is 0 Å². The van der Waals surface area contributed by atoms with Gasteiger partial charge in [0.25, 0.3) is 20.2 Å². The van der Waals surface area contributed by atoms with Crippen LogP contribution in [0, 0.1) is 0 Å². The third-order valence-electron chi connectivity index (χ3n) is 7.41. The van der Waals surface area contributed by atoms with E-state index in [1.54, 1.807) is 24.3 Å². The summed E-state index contributed by atoms with van der Waals surface area (Å²) in [5.74, 6) is 0. The smallest absolute Gasteiger partial charge is 0.294 e. The molecule has 0 aromatic heterocycles. The van der Waals surface area contributed by atoms with Crippen LogP contribution < -0.4 is 4.90 Å². The molecule has 4 rings (SSSR count). The van der Waals surface area contributed by atoms with E-state index in [9.17, 15) is 25.9 Å². The fraction of sp³-hybridized carbons (Fsp3) is 0.296. The van der Waals surface area contributed by atoms with Crippen molar-refractivity contribution in [3.05, 3.63) is 82.6 Å². The van der Waals surface area contributed by atoms with Crippen molar-refractivity contribution in [2.45, 2.75) is 48.3 Å². The lowest BCUT2D eigenvalue weighted by molar-refractivity contribution is -0.401. The molecule has 0 amide bonds. The molecule has 0 aliphatic carbocycles. The van der Waals surface area contributed by atoms with E-state index in [2.05, 4.69) is 0 Å². The van der Waals surface area contributed by atoms with Crippen LogP contribution in [0.4, 0.5) is 11.4 Å². The number of benzene rings is 2. The molecule has 2 heterocycles. The highest BCUT2D eigenvalue weighted by Gasteiger charge is 2.43. The maximum absolute atomic E-state index is 11.7. The Morgan fingerprint density at radius 2 is 1.47 bits per heavy atom. The van der Waals surface area contributed by atoms with Crippen molar-refractivity contribution in [1.82, 2.24) is 0 Å². The molecule has 2 aliphatic rings. The first-order valence-corrected chi connectivity index (χ1v) is 15.0. The van der Waals surface area contributed by atoms with Crippen LogP contribution in [-0.4, -0.2) is 50.3 Å². The van der Waals surface area contributed by atoms with E-state index < -0.39 is 31.1 Å². The summed E-state index contributed by atoms with van der Waals surface area (Å²) in [6.07, 6.45) is 7.27. The largest absolute Gasteiger partial charge is 0.347 e. The number of hydrogen-bond donors (Lipinski definition) is 2. The van der Waals surface area contributed by atoms with Crippen LogP contribution in [0.5, 0.6) is 0 Å². The lowest BCUT2D eigenvalue weighted by Gasteiger charge is -2.23. The molecule has 2 aromatic rings. The van der Waals surface area contributed by atoms with Gasteiger partial charge in [0.2, 0.25) is 5.69 Å². The summed E-state index contributed by atoms with van der Waals surface area (Å²) < 4.78 is 67.5. The summed E-state index contributed by atoms with van der Waals surface area (Å²) >= 11 is 6.57. The molecule has 2 N–H and O–H groups in total. The zero-order chi connectivity index (χ0) is 28.4. The normalized spacial score (nSPS) is 20.0. The Balaban J connectivity index is 1.64. The lowest BCUT2D eigenvalue weighted by Crippen LogP contribution is -2.26. The summed E-state index contributed by atoms with van der Waals surface area (Å²) in [5, 5.41) is 0.447. The van der Waals surface area contributed by atoms with Gasteiger partial charge in [0.05, 0.1) is 15.2 Å². The van der Waals surface area contributed by atoms with E-state index in [0.29, 0.717) is 5.03 Å². The summed E-state index contributed by atoms with van der Waals surface area (Å²) in [4.78, 5) is 1.65. The molecule has 2 aromatic carbocycles. The zero-order valence-electron chi connectivity index (χ0n) is 21.9. The quantitative estimate of drug-likeness (QED) is 0.286. The topological polar surface area (TPSA) is 115 Å². The first-order valence-electron chi connectivity index (χ1n) is 11.7. The Morgan fingerprint density at radius 3 is 2.05 bits per heavy atom. The molecule has 0 spiro atoms. The van der Waals surface area contributed by atoms with Gasteiger partial charge in [-0.2, -0.15) is 21.4 Å². The van der Waals surface area contributed by atoms with Gasteiger partial charge in [-0.25, -0.2) is 0 Å². The fourth-order valence-corrected chi connectivity index (χ4v) is 6.46. The van der Waals surface area contributed by atoms with Gasteiger partial charge >= 0.3 is 0 Å². The van der Waals surface area contributed by atoms with Gasteiger partial charge < -0.3 is 4.90 Å². The number of halogens is 1. The molecule has 202 valence electrons. The maximum atomic E-state index is 11.7. The first kappa shape index (κ1) is 28.3. The highest BCUT2D eigenvalue weighted by atomic mass is 35.5. The average Bonchev–Trinajstić information content (AvgIpc) is 3.12. The summed E-state index contributed by atoms with van der Waals surface area (Å²) in [7, 11) is -4.88. The van der Waals surface area contributed by atoms with Crippen LogP contribution in [0.25, 0.3) is 0 Å². The minimum Gasteiger partial charge on any atom is -0.347 e. The van der Waals surface area contributed by atoms with Gasteiger partial charge in [0, 0.05) is 46.6 Å². The summed E-state index contributed by atoms with van der Waals surface area (Å²) in [5.41, 5.74) is 3.90. The second-order valence-corrected chi connectivity index (χ2v) is 13.8. The molecule has 0 radical (unpaired) electrons. The van der Waals surface area contributed by atoms with Crippen LogP contribution in [-0.2, 0) is 31.1 Å². The Bertz CT molecular complexity index is 1700. The summed E-state index contributed by atoms with van der Waals surface area (Å²) in [6.45, 7) is 7.87. The van der Waals surface area contributed by atoms with Gasteiger partial charge in [0.15, 0.2) is 5.71 Å². The second-order valence-electron chi connectivity index (χ2n) is 10.5. The average molecular weight is 578 g/mol. The van der Waals surface area contributed by atoms with Gasteiger partial charge in [0.1, 0.15) is 7.05 Å². The minimum atomic E-state index is -4.32. The molecule has 0 fully saturated rings. The van der Waals surface area contributed by atoms with Gasteiger partial charge in [-0.1, -0.05) is 25.4 Å². The maximum Gasteiger partial charge on any atom is 0.294 e. The highest BCUT2D eigenvalue weighted by molar-refractivity contribution is 7.86. The molecule has 0 unspecified atom stereocenters. The number of nitrogens with zero attached hydrogens (tertiary/aromatic N) is 2. The standard InChI is InChI=1S/C27H29ClN2O6S2/c1-26(2)20-15-18(37(31,32)33)9-11-22(20)29(5)24(26)13-7-17(28)8-14-25-27(3,4)21-16-19(38(34,35)36)10-12-23(21)30(25)6/h7-16H,1-6H3,(H-,31,32,33,34,35,36)/p+1. The Hall–Kier alpha value is -2.76. The van der Waals surface area contributed by atoms with E-state index in [-0.39, 0.29) is 9.79 Å². The molecule has 11 heteroatoms. The molecule has 0 saturated carbocycles. The predicted octanol–water partition coefficient (Wildman–Crippen LogP) is 5.18. The van der Waals surface area contributed by atoms with Crippen molar-refractivity contribution in [3.63, 3.8) is 0 Å². The monoisotopic (exact) mass is 577 g/mol. The van der Waals surface area contributed by atoms with E-state index in [4.69, 9.17) is 11.6 Å². The van der Waals surface area contributed by atoms with E-state index in [0.717, 1.165) is 33.9 Å². The first-order chi connectivity index (χ1) is 17.4. The van der Waals surface area contributed by atoms with E-state index in [1.807, 2.05) is 63.4 Å². The number of likely N-dealkylation sites (N-methyl/N-ethyl adjacent to an activating group) is 1. The number of allylic oxidation sites excluding steroid dienone is 6. The van der Waals surface area contributed by atoms with Crippen molar-refractivity contribution in [2.75, 3.05) is 19.0 Å². The highest BCUT2D eigenvalue weighted by Crippen LogP contribution is 2.47. The van der Waals surface area contributed by atoms with Crippen molar-refractivity contribution in [3.8, 4) is 0 Å². The zero-order valence-corrected chi connectivity index (χ0v) is 24.3. The molecular formula is C27H30ClN2O6S2+. The van der Waals surface area contributed by atoms with Crippen LogP contribution >= 0.6 is 11.6 Å². The van der Waals surface area contributed by atoms with Gasteiger partial charge in [-0.05, 0) is 68.0 Å². The van der Waals surface area contributed by atoms with Crippen LogP contribution in [0.3, 0.4) is 0 Å². The number of rotatable bonds is 5. The Morgan fingerprint density at radius 1 is 0.921 bits per heavy atom. The second kappa shape index (κ2) is 9.17. The SMILES string of the molecule is CN1\C(=C/C=C(Cl)/C=C/C2=[N+](C)c3ccc(S(=O)(=O)O)cc3C2(C)C)C(C)(C)c2cc(S(=O)(=O)O)ccc21.